The van der Waals surface area contributed by atoms with Crippen molar-refractivity contribution in [2.45, 2.75) is 31.2 Å². The van der Waals surface area contributed by atoms with E-state index in [4.69, 9.17) is 9.84 Å². The van der Waals surface area contributed by atoms with E-state index in [9.17, 15) is 9.59 Å². The zero-order chi connectivity index (χ0) is 14.6. The van der Waals surface area contributed by atoms with Gasteiger partial charge in [-0.05, 0) is 25.3 Å². The van der Waals surface area contributed by atoms with Crippen molar-refractivity contribution in [3.63, 3.8) is 0 Å². The SMILES string of the molecule is C[C@@H](NC(=O)C1(c2ccccc2)CCOCC1)C(=O)O. The Kier molecular flexibility index (Phi) is 4.39. The highest BCUT2D eigenvalue weighted by molar-refractivity contribution is 5.91. The summed E-state index contributed by atoms with van der Waals surface area (Å²) in [6.45, 7) is 2.48. The number of hydrogen-bond donors (Lipinski definition) is 2. The van der Waals surface area contributed by atoms with Gasteiger partial charge in [-0.2, -0.15) is 0 Å². The molecule has 0 aromatic heterocycles. The number of benzene rings is 1. The maximum Gasteiger partial charge on any atom is 0.325 e. The highest BCUT2D eigenvalue weighted by Crippen LogP contribution is 2.35. The fraction of sp³-hybridized carbons (Fsp3) is 0.467. The molecule has 1 aliphatic heterocycles. The van der Waals surface area contributed by atoms with Gasteiger partial charge >= 0.3 is 5.97 Å². The summed E-state index contributed by atoms with van der Waals surface area (Å²) in [6.07, 6.45) is 1.13. The van der Waals surface area contributed by atoms with Crippen molar-refractivity contribution in [3.05, 3.63) is 35.9 Å². The molecule has 0 spiro atoms. The lowest BCUT2D eigenvalue weighted by atomic mass is 9.73. The zero-order valence-electron chi connectivity index (χ0n) is 11.5. The molecule has 0 aliphatic carbocycles. The monoisotopic (exact) mass is 277 g/mol. The third kappa shape index (κ3) is 2.82. The van der Waals surface area contributed by atoms with E-state index in [-0.39, 0.29) is 5.91 Å². The third-order valence-electron chi connectivity index (χ3n) is 3.83. The van der Waals surface area contributed by atoms with Crippen molar-refractivity contribution in [1.29, 1.82) is 0 Å². The molecular formula is C15H19NO4. The van der Waals surface area contributed by atoms with Gasteiger partial charge in [0, 0.05) is 13.2 Å². The van der Waals surface area contributed by atoms with Crippen LogP contribution in [0.4, 0.5) is 0 Å². The van der Waals surface area contributed by atoms with E-state index in [0.717, 1.165) is 5.56 Å². The van der Waals surface area contributed by atoms with Crippen molar-refractivity contribution in [2.24, 2.45) is 0 Å². The number of carboxylic acid groups (broad SMARTS) is 1. The Morgan fingerprint density at radius 3 is 2.40 bits per heavy atom. The summed E-state index contributed by atoms with van der Waals surface area (Å²) in [5.41, 5.74) is 0.224. The molecule has 5 nitrogen and oxygen atoms in total. The van der Waals surface area contributed by atoms with Crippen molar-refractivity contribution in [3.8, 4) is 0 Å². The summed E-state index contributed by atoms with van der Waals surface area (Å²) < 4.78 is 5.35. The van der Waals surface area contributed by atoms with Gasteiger partial charge in [-0.15, -0.1) is 0 Å². The quantitative estimate of drug-likeness (QED) is 0.870. The number of rotatable bonds is 4. The standard InChI is InChI=1S/C15H19NO4/c1-11(13(17)18)16-14(19)15(7-9-20-10-8-15)12-5-3-2-4-6-12/h2-6,11H,7-10H2,1H3,(H,16,19)(H,17,18)/t11-/m1/s1. The van der Waals surface area contributed by atoms with E-state index in [0.29, 0.717) is 26.1 Å². The molecule has 1 aromatic rings. The average Bonchev–Trinajstić information content (AvgIpc) is 2.48. The molecule has 2 N–H and O–H groups in total. The Labute approximate surface area is 117 Å². The second-order valence-electron chi connectivity index (χ2n) is 5.09. The smallest absolute Gasteiger partial charge is 0.325 e. The van der Waals surface area contributed by atoms with Gasteiger partial charge in [0.25, 0.3) is 0 Å². The first-order valence-corrected chi connectivity index (χ1v) is 6.73. The Morgan fingerprint density at radius 2 is 1.85 bits per heavy atom. The number of aliphatic carboxylic acids is 1. The van der Waals surface area contributed by atoms with E-state index >= 15 is 0 Å². The van der Waals surface area contributed by atoms with Crippen molar-refractivity contribution in [1.82, 2.24) is 5.32 Å². The molecule has 108 valence electrons. The van der Waals surface area contributed by atoms with Gasteiger partial charge in [-0.25, -0.2) is 0 Å². The summed E-state index contributed by atoms with van der Waals surface area (Å²) >= 11 is 0. The van der Waals surface area contributed by atoms with Gasteiger partial charge in [-0.1, -0.05) is 30.3 Å². The van der Waals surface area contributed by atoms with Gasteiger partial charge in [0.2, 0.25) is 5.91 Å². The number of ether oxygens (including phenoxy) is 1. The van der Waals surface area contributed by atoms with Crippen LogP contribution in [0.2, 0.25) is 0 Å². The molecule has 1 fully saturated rings. The summed E-state index contributed by atoms with van der Waals surface area (Å²) in [5.74, 6) is -1.27. The second kappa shape index (κ2) is 6.05. The van der Waals surface area contributed by atoms with Crippen LogP contribution >= 0.6 is 0 Å². The molecule has 0 radical (unpaired) electrons. The predicted octanol–water partition coefficient (Wildman–Crippen LogP) is 1.32. The highest BCUT2D eigenvalue weighted by Gasteiger charge is 2.42. The van der Waals surface area contributed by atoms with Crippen LogP contribution in [0.5, 0.6) is 0 Å². The minimum atomic E-state index is -1.03. The molecule has 0 unspecified atom stereocenters. The second-order valence-corrected chi connectivity index (χ2v) is 5.09. The fourth-order valence-corrected chi connectivity index (χ4v) is 2.52. The average molecular weight is 277 g/mol. The summed E-state index contributed by atoms with van der Waals surface area (Å²) in [4.78, 5) is 23.5. The molecule has 1 saturated heterocycles. The molecule has 2 rings (SSSR count). The number of hydrogen-bond acceptors (Lipinski definition) is 3. The van der Waals surface area contributed by atoms with E-state index in [1.54, 1.807) is 0 Å². The topological polar surface area (TPSA) is 75.6 Å². The van der Waals surface area contributed by atoms with Crippen molar-refractivity contribution >= 4 is 11.9 Å². The molecule has 1 amide bonds. The highest BCUT2D eigenvalue weighted by atomic mass is 16.5. The van der Waals surface area contributed by atoms with Crippen LogP contribution in [0.15, 0.2) is 30.3 Å². The molecule has 1 aliphatic rings. The molecule has 1 aromatic carbocycles. The van der Waals surface area contributed by atoms with Gasteiger partial charge < -0.3 is 15.2 Å². The number of nitrogens with one attached hydrogen (secondary N) is 1. The molecule has 1 heterocycles. The summed E-state index contributed by atoms with van der Waals surface area (Å²) in [7, 11) is 0. The minimum Gasteiger partial charge on any atom is -0.480 e. The van der Waals surface area contributed by atoms with E-state index in [1.165, 1.54) is 6.92 Å². The summed E-state index contributed by atoms with van der Waals surface area (Å²) in [5, 5.41) is 11.5. The maximum absolute atomic E-state index is 12.6. The van der Waals surface area contributed by atoms with Crippen LogP contribution < -0.4 is 5.32 Å². The molecule has 1 atom stereocenters. The Bertz CT molecular complexity index is 480. The first-order valence-electron chi connectivity index (χ1n) is 6.73. The molecule has 0 saturated carbocycles. The predicted molar refractivity (Wildman–Crippen MR) is 73.4 cm³/mol. The van der Waals surface area contributed by atoms with Crippen molar-refractivity contribution in [2.75, 3.05) is 13.2 Å². The number of amides is 1. The third-order valence-corrected chi connectivity index (χ3v) is 3.83. The van der Waals surface area contributed by atoms with Crippen LogP contribution in [0.25, 0.3) is 0 Å². The number of carboxylic acids is 1. The zero-order valence-corrected chi connectivity index (χ0v) is 11.5. The minimum absolute atomic E-state index is 0.234. The Morgan fingerprint density at radius 1 is 1.25 bits per heavy atom. The Hall–Kier alpha value is -1.88. The van der Waals surface area contributed by atoms with E-state index < -0.39 is 17.4 Å². The van der Waals surface area contributed by atoms with E-state index in [1.807, 2.05) is 30.3 Å². The van der Waals surface area contributed by atoms with E-state index in [2.05, 4.69) is 5.32 Å². The number of carbonyl (C=O) groups excluding carboxylic acids is 1. The lowest BCUT2D eigenvalue weighted by molar-refractivity contribution is -0.143. The van der Waals surface area contributed by atoms with Crippen LogP contribution in [-0.4, -0.2) is 36.2 Å². The fourth-order valence-electron chi connectivity index (χ4n) is 2.52. The van der Waals surface area contributed by atoms with Crippen molar-refractivity contribution < 1.29 is 19.4 Å². The molecule has 20 heavy (non-hydrogen) atoms. The van der Waals surface area contributed by atoms with Crippen LogP contribution in [0.3, 0.4) is 0 Å². The lowest BCUT2D eigenvalue weighted by Crippen LogP contribution is -2.52. The molecular weight excluding hydrogens is 258 g/mol. The largest absolute Gasteiger partial charge is 0.480 e. The van der Waals surface area contributed by atoms with Crippen LogP contribution in [0, 0.1) is 0 Å². The van der Waals surface area contributed by atoms with Crippen LogP contribution in [0.1, 0.15) is 25.3 Å². The normalized spacial score (nSPS) is 19.1. The van der Waals surface area contributed by atoms with Gasteiger partial charge in [-0.3, -0.25) is 9.59 Å². The summed E-state index contributed by atoms with van der Waals surface area (Å²) in [6, 6.07) is 8.60. The van der Waals surface area contributed by atoms with Gasteiger partial charge in [0.1, 0.15) is 6.04 Å². The molecule has 5 heteroatoms. The lowest BCUT2D eigenvalue weighted by Gasteiger charge is -2.36. The van der Waals surface area contributed by atoms with Crippen LogP contribution in [-0.2, 0) is 19.7 Å². The molecule has 0 bridgehead atoms. The first-order chi connectivity index (χ1) is 9.56. The Balaban J connectivity index is 2.28. The first kappa shape index (κ1) is 14.5. The number of carbonyl (C=O) groups is 2. The van der Waals surface area contributed by atoms with Gasteiger partial charge in [0.15, 0.2) is 0 Å². The van der Waals surface area contributed by atoms with Gasteiger partial charge in [0.05, 0.1) is 5.41 Å². The maximum atomic E-state index is 12.6.